The third-order valence-corrected chi connectivity index (χ3v) is 12.1. The molecule has 1 saturated carbocycles. The number of aryl methyl sites for hydroxylation is 1. The van der Waals surface area contributed by atoms with Crippen LogP contribution in [0.2, 0.25) is 5.02 Å². The van der Waals surface area contributed by atoms with Crippen LogP contribution in [0.25, 0.3) is 0 Å². The number of anilines is 1. The maximum Gasteiger partial charge on any atom is 0.260 e. The summed E-state index contributed by atoms with van der Waals surface area (Å²) in [6.07, 6.45) is 8.99. The number of hydrogen-bond acceptors (Lipinski definition) is 6. The van der Waals surface area contributed by atoms with Gasteiger partial charge in [0.05, 0.1) is 18.4 Å². The van der Waals surface area contributed by atoms with E-state index in [1.807, 2.05) is 38.3 Å². The van der Waals surface area contributed by atoms with Crippen molar-refractivity contribution in [2.75, 3.05) is 71.7 Å². The van der Waals surface area contributed by atoms with Crippen LogP contribution in [0.4, 0.5) is 5.69 Å². The number of nitrogens with one attached hydrogen (secondary N) is 1. The fourth-order valence-electron chi connectivity index (χ4n) is 7.38. The van der Waals surface area contributed by atoms with Crippen LogP contribution in [0.5, 0.6) is 5.75 Å². The molecule has 2 aromatic rings. The third-order valence-electron chi connectivity index (χ3n) is 10.7. The molecule has 2 fully saturated rings. The van der Waals surface area contributed by atoms with Gasteiger partial charge in [-0.1, -0.05) is 69.8 Å². The summed E-state index contributed by atoms with van der Waals surface area (Å²) in [7, 11) is 7.87. The third kappa shape index (κ3) is 10.4. The van der Waals surface area contributed by atoms with Crippen molar-refractivity contribution in [3.05, 3.63) is 70.3 Å². The summed E-state index contributed by atoms with van der Waals surface area (Å²) in [6, 6.07) is 12.1. The van der Waals surface area contributed by atoms with Gasteiger partial charge in [-0.05, 0) is 107 Å². The van der Waals surface area contributed by atoms with Crippen LogP contribution in [0.3, 0.4) is 0 Å². The fourth-order valence-corrected chi connectivity index (χ4v) is 8.10. The number of likely N-dealkylation sites (N-methyl/N-ethyl adjacent to an activating group) is 2. The van der Waals surface area contributed by atoms with Crippen molar-refractivity contribution >= 4 is 39.7 Å². The maximum atomic E-state index is 13.1. The number of allylic oxidation sites excluding steroid dienone is 1. The predicted molar refractivity (Wildman–Crippen MR) is 216 cm³/mol. The van der Waals surface area contributed by atoms with Crippen LogP contribution in [-0.2, 0) is 11.2 Å². The molecule has 1 N–H and O–H groups in total. The Morgan fingerprint density at radius 3 is 2.48 bits per heavy atom. The summed E-state index contributed by atoms with van der Waals surface area (Å²) in [6.45, 7) is 15.6. The zero-order valence-electron chi connectivity index (χ0n) is 32.1. The van der Waals surface area contributed by atoms with Crippen molar-refractivity contribution in [3.8, 4) is 5.75 Å². The van der Waals surface area contributed by atoms with Crippen LogP contribution < -0.4 is 14.4 Å². The number of methoxy groups -OCH3 is 1. The SMILES string of the molecule is C=S(CC)NC(=O)c1ccc2c(c1)N(CC1CCC1C(/C=C/C(C)C)OC)CC(c1ccc(Cl)cc1CCC)CO2.CN1CC(C)(N(C)C)C1. The number of hydrogen-bond donors (Lipinski definition) is 1. The van der Waals surface area contributed by atoms with E-state index in [2.05, 4.69) is 98.4 Å². The molecule has 7 nitrogen and oxygen atoms in total. The zero-order valence-corrected chi connectivity index (χ0v) is 33.7. The largest absolute Gasteiger partial charge is 0.491 e. The molecule has 0 radical (unpaired) electrons. The monoisotopic (exact) mass is 726 g/mol. The Bertz CT molecular complexity index is 1470. The second-order valence-corrected chi connectivity index (χ2v) is 17.5. The molecule has 0 aromatic heterocycles. The molecule has 1 amide bonds. The van der Waals surface area contributed by atoms with E-state index in [9.17, 15) is 4.79 Å². The number of amides is 1. The highest BCUT2D eigenvalue weighted by Gasteiger charge is 2.39. The number of likely N-dealkylation sites (tertiary alicyclic amines) is 1. The minimum Gasteiger partial charge on any atom is -0.491 e. The van der Waals surface area contributed by atoms with Gasteiger partial charge in [-0.3, -0.25) is 4.79 Å². The summed E-state index contributed by atoms with van der Waals surface area (Å²) in [4.78, 5) is 20.2. The van der Waals surface area contributed by atoms with E-state index in [-0.39, 0.29) is 17.9 Å². The number of rotatable bonds is 13. The quantitative estimate of drug-likeness (QED) is 0.166. The minimum absolute atomic E-state index is 0.0866. The van der Waals surface area contributed by atoms with Gasteiger partial charge in [0, 0.05) is 61.1 Å². The smallest absolute Gasteiger partial charge is 0.260 e. The van der Waals surface area contributed by atoms with Gasteiger partial charge in [-0.25, -0.2) is 0 Å². The van der Waals surface area contributed by atoms with Gasteiger partial charge in [-0.2, -0.15) is 0 Å². The molecule has 1 aliphatic carbocycles. The first-order valence-corrected chi connectivity index (χ1v) is 20.4. The Morgan fingerprint density at radius 1 is 1.18 bits per heavy atom. The lowest BCUT2D eigenvalue weighted by Crippen LogP contribution is -2.65. The fraction of sp³-hybridized carbons (Fsp3) is 0.610. The number of fused-ring (bicyclic) bond motifs is 1. The van der Waals surface area contributed by atoms with Crippen molar-refractivity contribution in [2.45, 2.75) is 77.9 Å². The van der Waals surface area contributed by atoms with Crippen molar-refractivity contribution in [1.82, 2.24) is 14.5 Å². The Labute approximate surface area is 310 Å². The first-order valence-electron chi connectivity index (χ1n) is 18.5. The normalized spacial score (nSPS) is 22.8. The van der Waals surface area contributed by atoms with Gasteiger partial charge in [0.15, 0.2) is 0 Å². The molecule has 278 valence electrons. The van der Waals surface area contributed by atoms with Gasteiger partial charge < -0.3 is 28.9 Å². The maximum absolute atomic E-state index is 13.1. The summed E-state index contributed by atoms with van der Waals surface area (Å²) < 4.78 is 15.5. The van der Waals surface area contributed by atoms with Gasteiger partial charge in [0.2, 0.25) is 0 Å². The lowest BCUT2D eigenvalue weighted by Gasteiger charge is -2.50. The Kier molecular flexibility index (Phi) is 14.9. The number of ether oxygens (including phenoxy) is 2. The Morgan fingerprint density at radius 2 is 1.92 bits per heavy atom. The molecular weight excluding hydrogens is 664 g/mol. The number of carbonyl (C=O) groups is 1. The molecule has 5 unspecified atom stereocenters. The van der Waals surface area contributed by atoms with Crippen LogP contribution in [0.15, 0.2) is 48.6 Å². The molecule has 9 heteroatoms. The summed E-state index contributed by atoms with van der Waals surface area (Å²) in [5.74, 6) is 7.26. The van der Waals surface area contributed by atoms with Crippen molar-refractivity contribution < 1.29 is 14.3 Å². The molecule has 2 heterocycles. The molecule has 50 heavy (non-hydrogen) atoms. The second kappa shape index (κ2) is 18.4. The molecule has 3 aliphatic rings. The highest BCUT2D eigenvalue weighted by atomic mass is 35.5. The standard InChI is InChI=1S/C34H47ClN2O3S.C7H16N2/c1-7-9-24-18-28(35)13-15-29(24)27-21-37(20-26-11-14-30(26)32(39-5)16-10-23(3)4)31-19-25(12-17-33(31)40-22-27)34(38)36-41(6)8-2;1-7(8(2)3)5-9(4)6-7/h10,12-13,15-19,23,26-27,30,32H,6-9,11,14,20-22H2,1-5H3,(H,36,38);5-6H2,1-4H3/b16-10+;. The average molecular weight is 727 g/mol. The Hall–Kier alpha value is -2.36. The van der Waals surface area contributed by atoms with E-state index in [4.69, 9.17) is 21.1 Å². The second-order valence-electron chi connectivity index (χ2n) is 15.3. The number of nitrogens with zero attached hydrogens (tertiary/aromatic N) is 3. The summed E-state index contributed by atoms with van der Waals surface area (Å²) in [5.41, 5.74) is 4.68. The molecule has 2 aromatic carbocycles. The van der Waals surface area contributed by atoms with E-state index in [1.165, 1.54) is 30.6 Å². The molecule has 5 rings (SSSR count). The summed E-state index contributed by atoms with van der Waals surface area (Å²) >= 11 is 6.42. The van der Waals surface area contributed by atoms with E-state index in [0.29, 0.717) is 35.5 Å². The van der Waals surface area contributed by atoms with Crippen LogP contribution >= 0.6 is 22.3 Å². The number of halogens is 1. The van der Waals surface area contributed by atoms with Gasteiger partial charge >= 0.3 is 0 Å². The lowest BCUT2D eigenvalue weighted by molar-refractivity contribution is 0.00182. The minimum atomic E-state index is -0.403. The molecule has 2 aliphatic heterocycles. The van der Waals surface area contributed by atoms with Crippen molar-refractivity contribution in [3.63, 3.8) is 0 Å². The average Bonchev–Trinajstić information content (AvgIpc) is 3.23. The van der Waals surface area contributed by atoms with Crippen LogP contribution in [-0.4, -0.2) is 100 Å². The molecule has 0 spiro atoms. The van der Waals surface area contributed by atoms with E-state index in [1.54, 1.807) is 0 Å². The molecular formula is C41H63ClN4O3S. The highest BCUT2D eigenvalue weighted by Crippen LogP contribution is 2.43. The first-order chi connectivity index (χ1) is 23.8. The lowest BCUT2D eigenvalue weighted by atomic mass is 9.70. The van der Waals surface area contributed by atoms with Gasteiger partial charge in [-0.15, -0.1) is 10.7 Å². The van der Waals surface area contributed by atoms with Crippen LogP contribution in [0, 0.1) is 17.8 Å². The highest BCUT2D eigenvalue weighted by molar-refractivity contribution is 8.12. The molecule has 0 bridgehead atoms. The Balaban J connectivity index is 0.000000541. The summed E-state index contributed by atoms with van der Waals surface area (Å²) in [5, 5.41) is 0.774. The number of carbonyl (C=O) groups excluding carboxylic acids is 1. The van der Waals surface area contributed by atoms with Gasteiger partial charge in [0.1, 0.15) is 5.75 Å². The topological polar surface area (TPSA) is 57.3 Å². The van der Waals surface area contributed by atoms with Crippen LogP contribution in [0.1, 0.15) is 81.3 Å². The molecule has 1 saturated heterocycles. The number of benzene rings is 2. The molecule has 5 atom stereocenters. The predicted octanol–water partition coefficient (Wildman–Crippen LogP) is 8.15. The zero-order chi connectivity index (χ0) is 36.6. The van der Waals surface area contributed by atoms with Crippen molar-refractivity contribution in [1.29, 1.82) is 0 Å². The van der Waals surface area contributed by atoms with E-state index < -0.39 is 10.7 Å². The van der Waals surface area contributed by atoms with E-state index >= 15 is 0 Å². The first kappa shape index (κ1) is 40.4. The van der Waals surface area contributed by atoms with Gasteiger partial charge in [0.25, 0.3) is 5.91 Å². The van der Waals surface area contributed by atoms with Crippen molar-refractivity contribution in [2.24, 2.45) is 17.8 Å². The van der Waals surface area contributed by atoms with E-state index in [0.717, 1.165) is 54.6 Å².